The Balaban J connectivity index is 2.38. The molecule has 0 saturated carbocycles. The van der Waals surface area contributed by atoms with Gasteiger partial charge in [-0.05, 0) is 19.1 Å². The molecule has 0 amide bonds. The Hall–Kier alpha value is -1.49. The second-order valence-electron chi connectivity index (χ2n) is 3.76. The molecule has 1 unspecified atom stereocenters. The molecule has 0 aliphatic carbocycles. The molecule has 0 radical (unpaired) electrons. The molecule has 0 fully saturated rings. The van der Waals surface area contributed by atoms with Gasteiger partial charge in [-0.3, -0.25) is 0 Å². The molecule has 0 N–H and O–H groups in total. The Morgan fingerprint density at radius 2 is 2.06 bits per heavy atom. The van der Waals surface area contributed by atoms with E-state index in [0.717, 1.165) is 12.1 Å². The van der Waals surface area contributed by atoms with Crippen LogP contribution in [0.3, 0.4) is 0 Å². The minimum atomic E-state index is -4.38. The molecule has 0 saturated heterocycles. The van der Waals surface area contributed by atoms with Crippen LogP contribution < -0.4 is 0 Å². The smallest absolute Gasteiger partial charge is 0.416 e. The van der Waals surface area contributed by atoms with Gasteiger partial charge in [0.2, 0.25) is 5.89 Å². The molecule has 1 heterocycles. The van der Waals surface area contributed by atoms with Crippen molar-refractivity contribution >= 4 is 11.6 Å². The van der Waals surface area contributed by atoms with Crippen molar-refractivity contribution in [3.63, 3.8) is 0 Å². The fourth-order valence-corrected chi connectivity index (χ4v) is 1.55. The van der Waals surface area contributed by atoms with Crippen LogP contribution in [0.15, 0.2) is 34.9 Å². The molecule has 0 aliphatic rings. The summed E-state index contributed by atoms with van der Waals surface area (Å²) in [4.78, 5) is 3.90. The maximum Gasteiger partial charge on any atom is 0.416 e. The van der Waals surface area contributed by atoms with Crippen LogP contribution in [0.2, 0.25) is 0 Å². The first kappa shape index (κ1) is 13.0. The van der Waals surface area contributed by atoms with E-state index in [4.69, 9.17) is 16.0 Å². The van der Waals surface area contributed by atoms with Gasteiger partial charge in [-0.15, -0.1) is 11.6 Å². The highest BCUT2D eigenvalue weighted by Gasteiger charge is 2.30. The normalized spacial score (nSPS) is 13.6. The molecule has 0 spiro atoms. The highest BCUT2D eigenvalue weighted by Crippen LogP contribution is 2.33. The molecule has 0 aliphatic heterocycles. The van der Waals surface area contributed by atoms with Gasteiger partial charge in [0.05, 0.1) is 11.8 Å². The predicted octanol–water partition coefficient (Wildman–Crippen LogP) is 4.66. The van der Waals surface area contributed by atoms with E-state index in [0.29, 0.717) is 5.56 Å². The van der Waals surface area contributed by atoms with Gasteiger partial charge in [0.25, 0.3) is 0 Å². The van der Waals surface area contributed by atoms with Gasteiger partial charge in [-0.1, -0.05) is 12.1 Å². The third-order valence-corrected chi connectivity index (χ3v) is 2.52. The largest absolute Gasteiger partial charge is 0.439 e. The van der Waals surface area contributed by atoms with E-state index in [1.54, 1.807) is 6.92 Å². The monoisotopic (exact) mass is 275 g/mol. The molecule has 18 heavy (non-hydrogen) atoms. The van der Waals surface area contributed by atoms with Crippen molar-refractivity contribution in [3.8, 4) is 11.3 Å². The lowest BCUT2D eigenvalue weighted by Crippen LogP contribution is -2.04. The van der Waals surface area contributed by atoms with Crippen LogP contribution in [0.4, 0.5) is 13.2 Å². The van der Waals surface area contributed by atoms with Crippen molar-refractivity contribution in [1.82, 2.24) is 4.98 Å². The van der Waals surface area contributed by atoms with Crippen LogP contribution in [-0.4, -0.2) is 4.98 Å². The third-order valence-electron chi connectivity index (χ3n) is 2.34. The van der Waals surface area contributed by atoms with Crippen molar-refractivity contribution in [3.05, 3.63) is 41.9 Å². The van der Waals surface area contributed by atoms with Crippen LogP contribution in [0.25, 0.3) is 11.3 Å². The number of aromatic nitrogens is 1. The van der Waals surface area contributed by atoms with Gasteiger partial charge in [0.1, 0.15) is 5.38 Å². The third kappa shape index (κ3) is 2.67. The maximum atomic E-state index is 12.5. The molecular formula is C12H9ClF3NO. The summed E-state index contributed by atoms with van der Waals surface area (Å²) < 4.78 is 42.9. The second-order valence-corrected chi connectivity index (χ2v) is 4.41. The van der Waals surface area contributed by atoms with Gasteiger partial charge in [0, 0.05) is 5.56 Å². The van der Waals surface area contributed by atoms with Gasteiger partial charge in [-0.25, -0.2) is 4.98 Å². The van der Waals surface area contributed by atoms with Gasteiger partial charge in [0.15, 0.2) is 5.76 Å². The molecule has 1 atom stereocenters. The fraction of sp³-hybridized carbons (Fsp3) is 0.250. The van der Waals surface area contributed by atoms with Crippen molar-refractivity contribution < 1.29 is 17.6 Å². The second kappa shape index (κ2) is 4.65. The number of oxazole rings is 1. The van der Waals surface area contributed by atoms with Gasteiger partial charge in [-0.2, -0.15) is 13.2 Å². The summed E-state index contributed by atoms with van der Waals surface area (Å²) in [6.45, 7) is 1.67. The Bertz CT molecular complexity index is 548. The van der Waals surface area contributed by atoms with Crippen molar-refractivity contribution in [2.24, 2.45) is 0 Å². The van der Waals surface area contributed by atoms with E-state index >= 15 is 0 Å². The van der Waals surface area contributed by atoms with E-state index in [2.05, 4.69) is 4.98 Å². The standard InChI is InChI=1S/C12H9ClF3NO/c1-7(13)11-17-6-10(18-11)8-3-2-4-9(5-8)12(14,15)16/h2-7H,1H3. The fourth-order valence-electron chi connectivity index (χ4n) is 1.45. The summed E-state index contributed by atoms with van der Waals surface area (Å²) in [5.41, 5.74) is -0.405. The Kier molecular flexibility index (Phi) is 3.34. The number of benzene rings is 1. The number of halogens is 4. The lowest BCUT2D eigenvalue weighted by molar-refractivity contribution is -0.137. The molecule has 2 aromatic rings. The van der Waals surface area contributed by atoms with E-state index in [9.17, 15) is 13.2 Å². The van der Waals surface area contributed by atoms with Crippen molar-refractivity contribution in [1.29, 1.82) is 0 Å². The van der Waals surface area contributed by atoms with E-state index in [1.807, 2.05) is 0 Å². The summed E-state index contributed by atoms with van der Waals surface area (Å²) in [7, 11) is 0. The highest BCUT2D eigenvalue weighted by molar-refractivity contribution is 6.20. The molecule has 2 nitrogen and oxygen atoms in total. The molecule has 1 aromatic heterocycles. The lowest BCUT2D eigenvalue weighted by atomic mass is 10.1. The van der Waals surface area contributed by atoms with Crippen LogP contribution in [0.1, 0.15) is 23.8 Å². The quantitative estimate of drug-likeness (QED) is 0.745. The zero-order valence-electron chi connectivity index (χ0n) is 9.33. The lowest BCUT2D eigenvalue weighted by Gasteiger charge is -2.07. The molecule has 6 heteroatoms. The highest BCUT2D eigenvalue weighted by atomic mass is 35.5. The maximum absolute atomic E-state index is 12.5. The predicted molar refractivity (Wildman–Crippen MR) is 61.2 cm³/mol. The number of hydrogen-bond donors (Lipinski definition) is 0. The van der Waals surface area contributed by atoms with Gasteiger partial charge >= 0.3 is 6.18 Å². The summed E-state index contributed by atoms with van der Waals surface area (Å²) in [5.74, 6) is 0.549. The SMILES string of the molecule is CC(Cl)c1ncc(-c2cccc(C(F)(F)F)c2)o1. The first-order valence-corrected chi connectivity index (χ1v) is 5.59. The van der Waals surface area contributed by atoms with Crippen LogP contribution >= 0.6 is 11.6 Å². The topological polar surface area (TPSA) is 26.0 Å². The van der Waals surface area contributed by atoms with Crippen LogP contribution in [0.5, 0.6) is 0 Å². The number of rotatable bonds is 2. The minimum absolute atomic E-state index is 0.267. The minimum Gasteiger partial charge on any atom is -0.439 e. The molecule has 0 bridgehead atoms. The van der Waals surface area contributed by atoms with Crippen LogP contribution in [0, 0.1) is 0 Å². The molecule has 1 aromatic carbocycles. The first-order valence-electron chi connectivity index (χ1n) is 5.15. The van der Waals surface area contributed by atoms with E-state index < -0.39 is 17.1 Å². The van der Waals surface area contributed by atoms with E-state index in [-0.39, 0.29) is 11.7 Å². The van der Waals surface area contributed by atoms with E-state index in [1.165, 1.54) is 18.3 Å². The Morgan fingerprint density at radius 3 is 2.61 bits per heavy atom. The summed E-state index contributed by atoms with van der Waals surface area (Å²) in [6.07, 6.45) is -3.01. The molecule has 2 rings (SSSR count). The summed E-state index contributed by atoms with van der Waals surface area (Å²) in [5, 5.41) is -0.426. The van der Waals surface area contributed by atoms with Gasteiger partial charge < -0.3 is 4.42 Å². The summed E-state index contributed by atoms with van der Waals surface area (Å²) >= 11 is 5.77. The number of hydrogen-bond acceptors (Lipinski definition) is 2. The zero-order chi connectivity index (χ0) is 13.3. The van der Waals surface area contributed by atoms with Crippen molar-refractivity contribution in [2.45, 2.75) is 18.5 Å². The average molecular weight is 276 g/mol. The number of alkyl halides is 4. The first-order chi connectivity index (χ1) is 8.38. The zero-order valence-corrected chi connectivity index (χ0v) is 10.1. The Morgan fingerprint density at radius 1 is 1.33 bits per heavy atom. The number of nitrogens with zero attached hydrogens (tertiary/aromatic N) is 1. The summed E-state index contributed by atoms with van der Waals surface area (Å²) in [6, 6.07) is 4.87. The molecule has 96 valence electrons. The van der Waals surface area contributed by atoms with Crippen LogP contribution in [-0.2, 0) is 6.18 Å². The average Bonchev–Trinajstić information content (AvgIpc) is 2.77. The molecular weight excluding hydrogens is 267 g/mol. The Labute approximate surface area is 106 Å². The van der Waals surface area contributed by atoms with Crippen molar-refractivity contribution in [2.75, 3.05) is 0 Å².